The molecule has 114 valence electrons. The van der Waals surface area contributed by atoms with Gasteiger partial charge in [-0.15, -0.1) is 11.3 Å². The zero-order valence-corrected chi connectivity index (χ0v) is 12.0. The molecule has 9 heteroatoms. The Labute approximate surface area is 122 Å². The molecule has 2 aromatic rings. The van der Waals surface area contributed by atoms with Crippen LogP contribution in [0.25, 0.3) is 0 Å². The first-order chi connectivity index (χ1) is 9.74. The average molecular weight is 337 g/mol. The van der Waals surface area contributed by atoms with Gasteiger partial charge in [-0.1, -0.05) is 12.1 Å². The van der Waals surface area contributed by atoms with Crippen molar-refractivity contribution in [1.82, 2.24) is 0 Å². The molecular formula is C12H10F3NO3S2. The summed E-state index contributed by atoms with van der Waals surface area (Å²) in [6.07, 6.45) is -4.66. The van der Waals surface area contributed by atoms with E-state index in [-0.39, 0.29) is 10.8 Å². The Morgan fingerprint density at radius 1 is 1.24 bits per heavy atom. The number of aliphatic hydroxyl groups excluding tert-OH is 1. The molecule has 0 spiro atoms. The minimum Gasteiger partial charge on any atom is -0.392 e. The van der Waals surface area contributed by atoms with Crippen LogP contribution in [0.5, 0.6) is 0 Å². The molecular weight excluding hydrogens is 327 g/mol. The van der Waals surface area contributed by atoms with E-state index in [1.54, 1.807) is 0 Å². The Hall–Kier alpha value is -1.58. The number of aliphatic hydroxyl groups is 1. The molecule has 1 aromatic heterocycles. The number of hydrogen-bond acceptors (Lipinski definition) is 4. The van der Waals surface area contributed by atoms with E-state index >= 15 is 0 Å². The van der Waals surface area contributed by atoms with Gasteiger partial charge < -0.3 is 5.11 Å². The molecule has 0 radical (unpaired) electrons. The van der Waals surface area contributed by atoms with Crippen molar-refractivity contribution < 1.29 is 26.7 Å². The van der Waals surface area contributed by atoms with Gasteiger partial charge in [-0.25, -0.2) is 8.42 Å². The molecule has 4 nitrogen and oxygen atoms in total. The summed E-state index contributed by atoms with van der Waals surface area (Å²) in [5.41, 5.74) is -1.22. The van der Waals surface area contributed by atoms with Gasteiger partial charge in [0.15, 0.2) is 0 Å². The third-order valence-corrected chi connectivity index (χ3v) is 5.41. The average Bonchev–Trinajstić information content (AvgIpc) is 2.87. The first-order valence-corrected chi connectivity index (χ1v) is 7.97. The maximum atomic E-state index is 12.8. The van der Waals surface area contributed by atoms with Crippen LogP contribution in [0.2, 0.25) is 0 Å². The number of halogens is 3. The number of nitrogens with one attached hydrogen (secondary N) is 1. The van der Waals surface area contributed by atoms with Gasteiger partial charge in [0, 0.05) is 0 Å². The topological polar surface area (TPSA) is 66.4 Å². The Morgan fingerprint density at radius 3 is 2.48 bits per heavy atom. The summed E-state index contributed by atoms with van der Waals surface area (Å²) in [7, 11) is -4.13. The van der Waals surface area contributed by atoms with E-state index in [0.29, 0.717) is 5.56 Å². The number of alkyl halides is 3. The SMILES string of the molecule is O=S(=O)(Nc1ccccc1C(F)(F)F)c1cc(CO)cs1. The molecule has 21 heavy (non-hydrogen) atoms. The van der Waals surface area contributed by atoms with E-state index in [1.807, 2.05) is 4.72 Å². The second-order valence-corrected chi connectivity index (χ2v) is 6.90. The van der Waals surface area contributed by atoms with Crippen molar-refractivity contribution in [2.45, 2.75) is 17.0 Å². The van der Waals surface area contributed by atoms with Crippen molar-refractivity contribution in [3.8, 4) is 0 Å². The zero-order chi connectivity index (χ0) is 15.7. The number of para-hydroxylation sites is 1. The minimum atomic E-state index is -4.66. The van der Waals surface area contributed by atoms with Crippen LogP contribution < -0.4 is 4.72 Å². The second-order valence-electron chi connectivity index (χ2n) is 4.08. The van der Waals surface area contributed by atoms with Crippen LogP contribution in [0, 0.1) is 0 Å². The number of benzene rings is 1. The lowest BCUT2D eigenvalue weighted by molar-refractivity contribution is -0.136. The molecule has 0 fully saturated rings. The number of anilines is 1. The molecule has 0 saturated carbocycles. The highest BCUT2D eigenvalue weighted by Gasteiger charge is 2.34. The van der Waals surface area contributed by atoms with Crippen LogP contribution in [0.4, 0.5) is 18.9 Å². The zero-order valence-electron chi connectivity index (χ0n) is 10.4. The molecule has 0 aliphatic rings. The summed E-state index contributed by atoms with van der Waals surface area (Å²) in [5.74, 6) is 0. The molecule has 0 atom stereocenters. The first kappa shape index (κ1) is 15.8. The van der Waals surface area contributed by atoms with Gasteiger partial charge in [0.25, 0.3) is 10.0 Å². The number of rotatable bonds is 4. The lowest BCUT2D eigenvalue weighted by Gasteiger charge is -2.13. The summed E-state index contributed by atoms with van der Waals surface area (Å²) in [4.78, 5) is 0. The normalized spacial score (nSPS) is 12.4. The molecule has 0 aliphatic heterocycles. The minimum absolute atomic E-state index is 0.163. The predicted molar refractivity (Wildman–Crippen MR) is 72.5 cm³/mol. The second kappa shape index (κ2) is 5.66. The van der Waals surface area contributed by atoms with Crippen LogP contribution in [0.3, 0.4) is 0 Å². The Balaban J connectivity index is 2.38. The highest BCUT2D eigenvalue weighted by molar-refractivity contribution is 7.94. The Bertz CT molecular complexity index is 738. The highest BCUT2D eigenvalue weighted by Crippen LogP contribution is 2.35. The van der Waals surface area contributed by atoms with Gasteiger partial charge in [-0.05, 0) is 29.1 Å². The Kier molecular flexibility index (Phi) is 4.26. The molecule has 2 N–H and O–H groups in total. The van der Waals surface area contributed by atoms with Gasteiger partial charge in [0.2, 0.25) is 0 Å². The van der Waals surface area contributed by atoms with Crippen molar-refractivity contribution >= 4 is 27.0 Å². The number of thiophene rings is 1. The van der Waals surface area contributed by atoms with Crippen LogP contribution in [0.15, 0.2) is 39.9 Å². The van der Waals surface area contributed by atoms with Gasteiger partial charge >= 0.3 is 6.18 Å². The predicted octanol–water partition coefficient (Wildman–Crippen LogP) is 3.06. The van der Waals surface area contributed by atoms with E-state index in [1.165, 1.54) is 23.6 Å². The molecule has 0 aliphatic carbocycles. The lowest BCUT2D eigenvalue weighted by Crippen LogP contribution is -2.16. The van der Waals surface area contributed by atoms with Gasteiger partial charge in [-0.2, -0.15) is 13.2 Å². The third-order valence-electron chi connectivity index (χ3n) is 2.55. The van der Waals surface area contributed by atoms with Crippen molar-refractivity contribution in [2.75, 3.05) is 4.72 Å². The molecule has 1 heterocycles. The molecule has 0 unspecified atom stereocenters. The number of sulfonamides is 1. The third kappa shape index (κ3) is 3.55. The van der Waals surface area contributed by atoms with Crippen molar-refractivity contribution in [3.05, 3.63) is 46.8 Å². The summed E-state index contributed by atoms with van der Waals surface area (Å²) in [6, 6.07) is 5.53. The molecule has 0 saturated heterocycles. The van der Waals surface area contributed by atoms with Crippen molar-refractivity contribution in [3.63, 3.8) is 0 Å². The fourth-order valence-corrected chi connectivity index (χ4v) is 3.87. The van der Waals surface area contributed by atoms with Crippen LogP contribution in [-0.2, 0) is 22.8 Å². The summed E-state index contributed by atoms with van der Waals surface area (Å²) in [6.45, 7) is -0.342. The fraction of sp³-hybridized carbons (Fsp3) is 0.167. The summed E-state index contributed by atoms with van der Waals surface area (Å²) >= 11 is 0.822. The highest BCUT2D eigenvalue weighted by atomic mass is 32.2. The maximum absolute atomic E-state index is 12.8. The van der Waals surface area contributed by atoms with Crippen LogP contribution >= 0.6 is 11.3 Å². The first-order valence-electron chi connectivity index (χ1n) is 5.61. The van der Waals surface area contributed by atoms with Gasteiger partial charge in [-0.3, -0.25) is 4.72 Å². The van der Waals surface area contributed by atoms with E-state index in [4.69, 9.17) is 5.11 Å². The van der Waals surface area contributed by atoms with Gasteiger partial charge in [0.1, 0.15) is 4.21 Å². The monoisotopic (exact) mass is 337 g/mol. The quantitative estimate of drug-likeness (QED) is 0.901. The lowest BCUT2D eigenvalue weighted by atomic mass is 10.2. The van der Waals surface area contributed by atoms with Crippen molar-refractivity contribution in [2.24, 2.45) is 0 Å². The van der Waals surface area contributed by atoms with E-state index in [2.05, 4.69) is 0 Å². The molecule has 0 amide bonds. The van der Waals surface area contributed by atoms with E-state index in [0.717, 1.165) is 23.5 Å². The largest absolute Gasteiger partial charge is 0.418 e. The number of hydrogen-bond donors (Lipinski definition) is 2. The van der Waals surface area contributed by atoms with E-state index < -0.39 is 27.5 Å². The van der Waals surface area contributed by atoms with E-state index in [9.17, 15) is 21.6 Å². The van der Waals surface area contributed by atoms with Crippen LogP contribution in [-0.4, -0.2) is 13.5 Å². The standard InChI is InChI=1S/C12H10F3NO3S2/c13-12(14,15)9-3-1-2-4-10(9)16-21(18,19)11-5-8(6-17)7-20-11/h1-5,7,16-17H,6H2. The summed E-state index contributed by atoms with van der Waals surface area (Å²) in [5, 5.41) is 10.3. The molecule has 1 aromatic carbocycles. The molecule has 0 bridgehead atoms. The van der Waals surface area contributed by atoms with Gasteiger partial charge in [0.05, 0.1) is 17.9 Å². The maximum Gasteiger partial charge on any atom is 0.418 e. The Morgan fingerprint density at radius 2 is 1.90 bits per heavy atom. The van der Waals surface area contributed by atoms with Crippen molar-refractivity contribution in [1.29, 1.82) is 0 Å². The molecule has 2 rings (SSSR count). The fourth-order valence-electron chi connectivity index (χ4n) is 1.59. The smallest absolute Gasteiger partial charge is 0.392 e. The van der Waals surface area contributed by atoms with Crippen LogP contribution in [0.1, 0.15) is 11.1 Å². The summed E-state index contributed by atoms with van der Waals surface area (Å²) < 4.78 is 64.3.